The number of fused-ring (bicyclic) bond motifs is 2. The van der Waals surface area contributed by atoms with Crippen molar-refractivity contribution in [2.75, 3.05) is 18.6 Å². The van der Waals surface area contributed by atoms with Gasteiger partial charge in [-0.1, -0.05) is 42.3 Å². The first kappa shape index (κ1) is 28.1. The van der Waals surface area contributed by atoms with E-state index in [1.165, 1.54) is 23.3 Å². The number of hydrogen-bond acceptors (Lipinski definition) is 8. The van der Waals surface area contributed by atoms with Gasteiger partial charge in [0.15, 0.2) is 16.6 Å². The summed E-state index contributed by atoms with van der Waals surface area (Å²) >= 11 is 7.45. The molecule has 0 bridgehead atoms. The van der Waals surface area contributed by atoms with E-state index in [0.29, 0.717) is 51.3 Å². The van der Waals surface area contributed by atoms with Crippen molar-refractivity contribution < 1.29 is 28.9 Å². The maximum atomic E-state index is 13.7. The van der Waals surface area contributed by atoms with Crippen molar-refractivity contribution in [3.8, 4) is 17.2 Å². The van der Waals surface area contributed by atoms with E-state index in [-0.39, 0.29) is 17.4 Å². The van der Waals surface area contributed by atoms with Gasteiger partial charge in [-0.15, -0.1) is 0 Å². The highest BCUT2D eigenvalue weighted by Gasteiger charge is 2.48. The molecule has 0 radical (unpaired) electrons. The third kappa shape index (κ3) is 4.97. The van der Waals surface area contributed by atoms with Gasteiger partial charge in [0.2, 0.25) is 0 Å². The van der Waals surface area contributed by atoms with Crippen LogP contribution in [0.5, 0.6) is 17.2 Å². The van der Waals surface area contributed by atoms with Crippen molar-refractivity contribution in [1.29, 1.82) is 0 Å². The number of hydrogen-bond donors (Lipinski definition) is 1. The molecule has 1 saturated heterocycles. The van der Waals surface area contributed by atoms with Crippen LogP contribution >= 0.6 is 22.9 Å². The van der Waals surface area contributed by atoms with Crippen LogP contribution < -0.4 is 19.1 Å². The number of rotatable bonds is 8. The van der Waals surface area contributed by atoms with Gasteiger partial charge < -0.3 is 19.3 Å². The highest BCUT2D eigenvalue weighted by atomic mass is 35.5. The Morgan fingerprint density at radius 3 is 2.76 bits per heavy atom. The number of nitrogens with zero attached hydrogens (tertiary/aromatic N) is 2. The standard InChI is InChI=1S/C32H29ClN2O6S/c1-4-5-12-40-24-11-6-18(15-25(24)39-3)28-27(29(36)19-7-10-23-20(14-19)13-17(2)41-23)30(37)31(38)35(28)32-34-22-9-8-21(33)16-26(22)42-32/h6-11,14-17,28,36H,4-5,12-13H2,1-3H3/t17-,28-/m0/s1. The average Bonchev–Trinajstić information content (AvgIpc) is 3.64. The second-order valence-corrected chi connectivity index (χ2v) is 11.8. The number of aliphatic hydroxyl groups excluding tert-OH is 1. The Labute approximate surface area is 252 Å². The average molecular weight is 605 g/mol. The van der Waals surface area contributed by atoms with Gasteiger partial charge in [-0.3, -0.25) is 14.5 Å². The van der Waals surface area contributed by atoms with Crippen LogP contribution in [0.25, 0.3) is 16.0 Å². The minimum absolute atomic E-state index is 0.0149. The van der Waals surface area contributed by atoms with E-state index < -0.39 is 17.7 Å². The number of aliphatic hydroxyl groups is 1. The molecule has 3 heterocycles. The number of halogens is 1. The van der Waals surface area contributed by atoms with Gasteiger partial charge in [0.25, 0.3) is 5.78 Å². The summed E-state index contributed by atoms with van der Waals surface area (Å²) < 4.78 is 18.1. The molecule has 4 aromatic rings. The number of amides is 1. The lowest BCUT2D eigenvalue weighted by atomic mass is 9.94. The fourth-order valence-corrected chi connectivity index (χ4v) is 6.63. The van der Waals surface area contributed by atoms with Crippen LogP contribution in [-0.4, -0.2) is 41.6 Å². The number of thiazole rings is 1. The molecule has 0 spiro atoms. The molecule has 1 fully saturated rings. The summed E-state index contributed by atoms with van der Waals surface area (Å²) in [6.07, 6.45) is 2.56. The fraction of sp³-hybridized carbons (Fsp3) is 0.281. The SMILES string of the molecule is CCCCOc1ccc([C@H]2C(=C(O)c3ccc4c(c3)C[C@H](C)O4)C(=O)C(=O)N2c2nc3ccc(Cl)cc3s2)cc1OC. The van der Waals surface area contributed by atoms with E-state index in [2.05, 4.69) is 11.9 Å². The van der Waals surface area contributed by atoms with Crippen molar-refractivity contribution in [3.63, 3.8) is 0 Å². The second-order valence-electron chi connectivity index (χ2n) is 10.3. The number of aromatic nitrogens is 1. The lowest BCUT2D eigenvalue weighted by Crippen LogP contribution is -2.29. The second kappa shape index (κ2) is 11.3. The molecular formula is C32H29ClN2O6S. The monoisotopic (exact) mass is 604 g/mol. The minimum Gasteiger partial charge on any atom is -0.507 e. The third-order valence-corrected chi connectivity index (χ3v) is 8.67. The third-order valence-electron chi connectivity index (χ3n) is 7.42. The zero-order valence-corrected chi connectivity index (χ0v) is 24.9. The molecule has 216 valence electrons. The molecule has 1 amide bonds. The molecule has 10 heteroatoms. The predicted molar refractivity (Wildman–Crippen MR) is 163 cm³/mol. The summed E-state index contributed by atoms with van der Waals surface area (Å²) in [5, 5.41) is 12.5. The van der Waals surface area contributed by atoms with Gasteiger partial charge in [0, 0.05) is 17.0 Å². The Bertz CT molecular complexity index is 1750. The molecule has 0 saturated carbocycles. The molecule has 1 aromatic heterocycles. The lowest BCUT2D eigenvalue weighted by Gasteiger charge is -2.24. The largest absolute Gasteiger partial charge is 0.507 e. The molecule has 42 heavy (non-hydrogen) atoms. The minimum atomic E-state index is -0.969. The van der Waals surface area contributed by atoms with E-state index in [1.807, 2.05) is 13.0 Å². The van der Waals surface area contributed by atoms with Gasteiger partial charge in [0.05, 0.1) is 35.5 Å². The number of benzene rings is 3. The summed E-state index contributed by atoms with van der Waals surface area (Å²) in [5.74, 6) is -0.112. The number of unbranched alkanes of at least 4 members (excludes halogenated alkanes) is 1. The van der Waals surface area contributed by atoms with Crippen LogP contribution in [0.15, 0.2) is 60.2 Å². The van der Waals surface area contributed by atoms with Gasteiger partial charge in [0.1, 0.15) is 17.6 Å². The number of ether oxygens (including phenoxy) is 3. The van der Waals surface area contributed by atoms with E-state index in [9.17, 15) is 14.7 Å². The van der Waals surface area contributed by atoms with Crippen molar-refractivity contribution in [1.82, 2.24) is 4.98 Å². The molecule has 0 aliphatic carbocycles. The molecule has 2 aliphatic rings. The smallest absolute Gasteiger partial charge is 0.301 e. The normalized spacial score (nSPS) is 19.3. The van der Waals surface area contributed by atoms with Crippen LogP contribution in [0.2, 0.25) is 5.02 Å². The first-order valence-electron chi connectivity index (χ1n) is 13.8. The number of methoxy groups -OCH3 is 1. The van der Waals surface area contributed by atoms with Crippen molar-refractivity contribution in [2.24, 2.45) is 0 Å². The summed E-state index contributed by atoms with van der Waals surface area (Å²) in [4.78, 5) is 33.4. The summed E-state index contributed by atoms with van der Waals surface area (Å²) in [6.45, 7) is 4.58. The van der Waals surface area contributed by atoms with Crippen LogP contribution in [-0.2, 0) is 16.0 Å². The van der Waals surface area contributed by atoms with Crippen LogP contribution in [0, 0.1) is 0 Å². The van der Waals surface area contributed by atoms with Crippen molar-refractivity contribution in [2.45, 2.75) is 45.3 Å². The van der Waals surface area contributed by atoms with E-state index in [0.717, 1.165) is 28.9 Å². The molecule has 6 rings (SSSR count). The number of anilines is 1. The highest BCUT2D eigenvalue weighted by molar-refractivity contribution is 7.22. The van der Waals surface area contributed by atoms with E-state index in [1.54, 1.807) is 48.5 Å². The topological polar surface area (TPSA) is 98.2 Å². The van der Waals surface area contributed by atoms with Gasteiger partial charge in [-0.25, -0.2) is 4.98 Å². The zero-order valence-electron chi connectivity index (χ0n) is 23.3. The van der Waals surface area contributed by atoms with Crippen molar-refractivity contribution >= 4 is 55.7 Å². The Morgan fingerprint density at radius 2 is 1.98 bits per heavy atom. The van der Waals surface area contributed by atoms with E-state index in [4.69, 9.17) is 25.8 Å². The maximum absolute atomic E-state index is 13.7. The lowest BCUT2D eigenvalue weighted by molar-refractivity contribution is -0.132. The molecule has 1 N–H and O–H groups in total. The predicted octanol–water partition coefficient (Wildman–Crippen LogP) is 7.09. The summed E-state index contributed by atoms with van der Waals surface area (Å²) in [5.41, 5.74) is 2.52. The Morgan fingerprint density at radius 1 is 1.14 bits per heavy atom. The molecule has 2 aliphatic heterocycles. The fourth-order valence-electron chi connectivity index (χ4n) is 5.36. The highest BCUT2D eigenvalue weighted by Crippen LogP contribution is 2.46. The first-order valence-corrected chi connectivity index (χ1v) is 15.0. The quantitative estimate of drug-likeness (QED) is 0.0992. The molecule has 2 atom stereocenters. The molecular weight excluding hydrogens is 576 g/mol. The van der Waals surface area contributed by atoms with Crippen molar-refractivity contribution in [3.05, 3.63) is 81.9 Å². The number of Topliss-reactive ketones (excluding diaryl/α,β-unsaturated/α-hetero) is 1. The summed E-state index contributed by atoms with van der Waals surface area (Å²) in [7, 11) is 1.54. The van der Waals surface area contributed by atoms with Gasteiger partial charge in [-0.05, 0) is 73.0 Å². The number of carbonyl (C=O) groups excluding carboxylic acids is 2. The molecule has 0 unspecified atom stereocenters. The number of carbonyl (C=O) groups is 2. The Balaban J connectivity index is 1.51. The van der Waals surface area contributed by atoms with Crippen LogP contribution in [0.4, 0.5) is 5.13 Å². The zero-order chi connectivity index (χ0) is 29.5. The summed E-state index contributed by atoms with van der Waals surface area (Å²) in [6, 6.07) is 14.8. The Kier molecular flexibility index (Phi) is 7.55. The maximum Gasteiger partial charge on any atom is 0.301 e. The Hall–Kier alpha value is -4.08. The molecule has 8 nitrogen and oxygen atoms in total. The number of ketones is 1. The van der Waals surface area contributed by atoms with Crippen LogP contribution in [0.3, 0.4) is 0 Å². The van der Waals surface area contributed by atoms with Crippen LogP contribution in [0.1, 0.15) is 49.4 Å². The van der Waals surface area contributed by atoms with Gasteiger partial charge >= 0.3 is 5.91 Å². The first-order chi connectivity index (χ1) is 20.3. The van der Waals surface area contributed by atoms with Gasteiger partial charge in [-0.2, -0.15) is 0 Å². The molecule has 3 aromatic carbocycles. The van der Waals surface area contributed by atoms with E-state index >= 15 is 0 Å².